The summed E-state index contributed by atoms with van der Waals surface area (Å²) in [5.41, 5.74) is 1.17. The van der Waals surface area contributed by atoms with E-state index in [-0.39, 0.29) is 5.69 Å². The minimum absolute atomic E-state index is 0.113. The highest BCUT2D eigenvalue weighted by molar-refractivity contribution is 7.99. The Balaban J connectivity index is 1.84. The summed E-state index contributed by atoms with van der Waals surface area (Å²) in [5, 5.41) is 26.0. The van der Waals surface area contributed by atoms with Gasteiger partial charge in [0.15, 0.2) is 0 Å². The van der Waals surface area contributed by atoms with Gasteiger partial charge in [-0.1, -0.05) is 23.9 Å². The molecule has 8 nitrogen and oxygen atoms in total. The average Bonchev–Trinajstić information content (AvgIpc) is 2.93. The molecule has 1 N–H and O–H groups in total. The third kappa shape index (κ3) is 4.50. The first-order valence-corrected chi connectivity index (χ1v) is 7.46. The van der Waals surface area contributed by atoms with Crippen molar-refractivity contribution in [2.45, 2.75) is 18.1 Å². The van der Waals surface area contributed by atoms with Crippen molar-refractivity contribution < 1.29 is 4.92 Å². The number of thioether (sulfide) groups is 1. The summed E-state index contributed by atoms with van der Waals surface area (Å²) in [6, 6.07) is 6.61. The van der Waals surface area contributed by atoms with E-state index in [1.807, 2.05) is 7.05 Å². The van der Waals surface area contributed by atoms with Crippen LogP contribution in [0.5, 0.6) is 0 Å². The van der Waals surface area contributed by atoms with Crippen LogP contribution in [0, 0.1) is 10.1 Å². The van der Waals surface area contributed by atoms with E-state index in [4.69, 9.17) is 0 Å². The quantitative estimate of drug-likeness (QED) is 0.443. The lowest BCUT2D eigenvalue weighted by molar-refractivity contribution is -0.384. The summed E-state index contributed by atoms with van der Waals surface area (Å²) >= 11 is 1.57. The van der Waals surface area contributed by atoms with Crippen molar-refractivity contribution in [2.24, 2.45) is 0 Å². The molecule has 0 saturated heterocycles. The summed E-state index contributed by atoms with van der Waals surface area (Å²) in [5.74, 6) is 0.817. The second-order valence-corrected chi connectivity index (χ2v) is 5.37. The van der Waals surface area contributed by atoms with Gasteiger partial charge in [0, 0.05) is 24.4 Å². The number of non-ortho nitro benzene ring substituents is 1. The molecule has 1 aromatic heterocycles. The maximum Gasteiger partial charge on any atom is 0.269 e. The molecule has 0 aliphatic heterocycles. The van der Waals surface area contributed by atoms with Gasteiger partial charge in [-0.2, -0.15) is 0 Å². The largest absolute Gasteiger partial charge is 0.318 e. The lowest BCUT2D eigenvalue weighted by Gasteiger charge is -2.04. The first kappa shape index (κ1) is 15.4. The van der Waals surface area contributed by atoms with Crippen molar-refractivity contribution in [2.75, 3.05) is 19.3 Å². The number of aromatic nitrogens is 4. The summed E-state index contributed by atoms with van der Waals surface area (Å²) in [6.07, 6.45) is 0.807. The first-order chi connectivity index (χ1) is 10.2. The van der Waals surface area contributed by atoms with Crippen molar-refractivity contribution in [1.82, 2.24) is 25.5 Å². The van der Waals surface area contributed by atoms with Crippen LogP contribution in [0.15, 0.2) is 29.4 Å². The number of nitrogens with zero attached hydrogens (tertiary/aromatic N) is 5. The smallest absolute Gasteiger partial charge is 0.269 e. The lowest BCUT2D eigenvalue weighted by atomic mass is 10.1. The molecule has 2 rings (SSSR count). The van der Waals surface area contributed by atoms with E-state index in [1.165, 1.54) is 12.1 Å². The zero-order valence-corrected chi connectivity index (χ0v) is 12.4. The Morgan fingerprint density at radius 3 is 2.81 bits per heavy atom. The van der Waals surface area contributed by atoms with Crippen LogP contribution in [0.1, 0.15) is 5.56 Å². The number of nitro benzene ring substituents is 1. The van der Waals surface area contributed by atoms with Gasteiger partial charge in [-0.3, -0.25) is 10.1 Å². The van der Waals surface area contributed by atoms with Crippen LogP contribution in [-0.4, -0.2) is 44.5 Å². The molecule has 0 aliphatic rings. The van der Waals surface area contributed by atoms with Gasteiger partial charge in [-0.05, 0) is 29.5 Å². The zero-order valence-electron chi connectivity index (χ0n) is 11.6. The van der Waals surface area contributed by atoms with E-state index in [1.54, 1.807) is 28.6 Å². The predicted molar refractivity (Wildman–Crippen MR) is 79.3 cm³/mol. The summed E-state index contributed by atoms with van der Waals surface area (Å²) < 4.78 is 1.76. The van der Waals surface area contributed by atoms with Gasteiger partial charge in [0.05, 0.1) is 11.5 Å². The summed E-state index contributed by atoms with van der Waals surface area (Å²) in [4.78, 5) is 10.2. The number of benzene rings is 1. The fourth-order valence-corrected chi connectivity index (χ4v) is 2.59. The molecule has 0 aliphatic carbocycles. The Morgan fingerprint density at radius 2 is 2.14 bits per heavy atom. The normalized spacial score (nSPS) is 10.7. The van der Waals surface area contributed by atoms with Crippen LogP contribution >= 0.6 is 11.8 Å². The van der Waals surface area contributed by atoms with E-state index < -0.39 is 4.92 Å². The van der Waals surface area contributed by atoms with Crippen molar-refractivity contribution >= 4 is 17.4 Å². The number of nitro groups is 1. The van der Waals surface area contributed by atoms with Gasteiger partial charge in [0.2, 0.25) is 5.16 Å². The molecule has 0 fully saturated rings. The Bertz CT molecular complexity index is 586. The topological polar surface area (TPSA) is 98.8 Å². The molecule has 1 aromatic carbocycles. The minimum atomic E-state index is -0.394. The molecule has 0 radical (unpaired) electrons. The van der Waals surface area contributed by atoms with E-state index in [0.29, 0.717) is 0 Å². The number of tetrazole rings is 1. The van der Waals surface area contributed by atoms with Crippen LogP contribution in [0.25, 0.3) is 0 Å². The van der Waals surface area contributed by atoms with Gasteiger partial charge in [0.25, 0.3) is 5.69 Å². The third-order valence-electron chi connectivity index (χ3n) is 2.84. The van der Waals surface area contributed by atoms with Crippen LogP contribution in [0.4, 0.5) is 5.69 Å². The highest BCUT2D eigenvalue weighted by atomic mass is 32.2. The molecule has 1 heterocycles. The molecule has 0 saturated carbocycles. The number of hydrogen-bond donors (Lipinski definition) is 1. The minimum Gasteiger partial charge on any atom is -0.318 e. The number of rotatable bonds is 8. The molecule has 0 amide bonds. The van der Waals surface area contributed by atoms with Crippen molar-refractivity contribution in [3.63, 3.8) is 0 Å². The predicted octanol–water partition coefficient (Wildman–Crippen LogP) is 1.14. The van der Waals surface area contributed by atoms with E-state index in [0.717, 1.165) is 36.0 Å². The standard InChI is InChI=1S/C12H16N6O2S/c1-13-7-8-17-12(14-15-16-17)21-9-6-10-2-4-11(5-3-10)18(19)20/h2-5,13H,6-9H2,1H3. The molecule has 0 unspecified atom stereocenters. The molecule has 21 heavy (non-hydrogen) atoms. The Labute approximate surface area is 126 Å². The Morgan fingerprint density at radius 1 is 1.38 bits per heavy atom. The van der Waals surface area contributed by atoms with Crippen molar-refractivity contribution in [3.05, 3.63) is 39.9 Å². The zero-order chi connectivity index (χ0) is 15.1. The van der Waals surface area contributed by atoms with Crippen LogP contribution in [0.3, 0.4) is 0 Å². The second-order valence-electron chi connectivity index (χ2n) is 4.31. The van der Waals surface area contributed by atoms with E-state index >= 15 is 0 Å². The van der Waals surface area contributed by atoms with Gasteiger partial charge < -0.3 is 5.32 Å². The molecule has 0 spiro atoms. The lowest BCUT2D eigenvalue weighted by Crippen LogP contribution is -2.16. The molecular weight excluding hydrogens is 292 g/mol. The molecule has 112 valence electrons. The highest BCUT2D eigenvalue weighted by Crippen LogP contribution is 2.17. The van der Waals surface area contributed by atoms with Gasteiger partial charge in [0.1, 0.15) is 0 Å². The Hall–Kier alpha value is -2.00. The van der Waals surface area contributed by atoms with Gasteiger partial charge in [-0.15, -0.1) is 5.10 Å². The maximum atomic E-state index is 10.6. The highest BCUT2D eigenvalue weighted by Gasteiger charge is 2.07. The SMILES string of the molecule is CNCCn1nnnc1SCCc1ccc([N+](=O)[O-])cc1. The first-order valence-electron chi connectivity index (χ1n) is 6.47. The molecule has 2 aromatic rings. The average molecular weight is 308 g/mol. The third-order valence-corrected chi connectivity index (χ3v) is 3.80. The van der Waals surface area contributed by atoms with Crippen LogP contribution in [0.2, 0.25) is 0 Å². The second kappa shape index (κ2) is 7.70. The number of hydrogen-bond acceptors (Lipinski definition) is 7. The summed E-state index contributed by atoms with van der Waals surface area (Å²) in [7, 11) is 1.88. The maximum absolute atomic E-state index is 10.6. The fourth-order valence-electron chi connectivity index (χ4n) is 1.70. The van der Waals surface area contributed by atoms with Crippen LogP contribution in [-0.2, 0) is 13.0 Å². The van der Waals surface area contributed by atoms with Crippen molar-refractivity contribution in [3.8, 4) is 0 Å². The van der Waals surface area contributed by atoms with Crippen molar-refractivity contribution in [1.29, 1.82) is 0 Å². The van der Waals surface area contributed by atoms with E-state index in [9.17, 15) is 10.1 Å². The number of aryl methyl sites for hydroxylation is 1. The molecule has 0 bridgehead atoms. The molecule has 0 atom stereocenters. The monoisotopic (exact) mass is 308 g/mol. The number of likely N-dealkylation sites (N-methyl/N-ethyl adjacent to an activating group) is 1. The van der Waals surface area contributed by atoms with Gasteiger partial charge in [-0.25, -0.2) is 4.68 Å². The molecular formula is C12H16N6O2S. The van der Waals surface area contributed by atoms with Crippen LogP contribution < -0.4 is 5.32 Å². The fraction of sp³-hybridized carbons (Fsp3) is 0.417. The summed E-state index contributed by atoms with van der Waals surface area (Å²) in [6.45, 7) is 1.53. The van der Waals surface area contributed by atoms with E-state index in [2.05, 4.69) is 20.8 Å². The molecule has 9 heteroatoms. The number of nitrogens with one attached hydrogen (secondary N) is 1. The van der Waals surface area contributed by atoms with Gasteiger partial charge >= 0.3 is 0 Å². The Kier molecular flexibility index (Phi) is 5.64.